The van der Waals surface area contributed by atoms with Crippen molar-refractivity contribution in [2.45, 2.75) is 65.0 Å². The van der Waals surface area contributed by atoms with Crippen molar-refractivity contribution in [3.63, 3.8) is 0 Å². The van der Waals surface area contributed by atoms with E-state index in [1.54, 1.807) is 11.3 Å². The Morgan fingerprint density at radius 2 is 2.16 bits per heavy atom. The Morgan fingerprint density at radius 1 is 1.42 bits per heavy atom. The molecule has 3 nitrogen and oxygen atoms in total. The van der Waals surface area contributed by atoms with E-state index >= 15 is 0 Å². The maximum atomic E-state index is 9.26. The van der Waals surface area contributed by atoms with E-state index in [-0.39, 0.29) is 5.41 Å². The van der Waals surface area contributed by atoms with Gasteiger partial charge in [0.25, 0.3) is 0 Å². The Bertz CT molecular complexity index is 479. The summed E-state index contributed by atoms with van der Waals surface area (Å²) in [6.45, 7) is 10.7. The molecule has 1 aliphatic heterocycles. The summed E-state index contributed by atoms with van der Waals surface area (Å²) >= 11 is 1.57. The lowest BCUT2D eigenvalue weighted by molar-refractivity contribution is 0.152. The van der Waals surface area contributed by atoms with Gasteiger partial charge in [-0.3, -0.25) is 4.90 Å². The van der Waals surface area contributed by atoms with Crippen molar-refractivity contribution in [1.82, 2.24) is 9.88 Å². The zero-order chi connectivity index (χ0) is 14.0. The zero-order valence-corrected chi connectivity index (χ0v) is 13.2. The minimum absolute atomic E-state index is 0.0483. The summed E-state index contributed by atoms with van der Waals surface area (Å²) in [5.74, 6) is 0. The van der Waals surface area contributed by atoms with Gasteiger partial charge in [0.05, 0.1) is 12.2 Å². The second-order valence-electron chi connectivity index (χ2n) is 6.46. The smallest absolute Gasteiger partial charge is 0.128 e. The van der Waals surface area contributed by atoms with Gasteiger partial charge in [-0.25, -0.2) is 4.98 Å². The molecular formula is C15H23N3S. The first-order valence-corrected chi connectivity index (χ1v) is 7.88. The summed E-state index contributed by atoms with van der Waals surface area (Å²) in [6, 6.07) is 2.95. The number of aromatic nitrogens is 1. The molecule has 0 radical (unpaired) electrons. The van der Waals surface area contributed by atoms with E-state index in [9.17, 15) is 5.26 Å². The largest absolute Gasteiger partial charge is 0.294 e. The van der Waals surface area contributed by atoms with Crippen LogP contribution in [0.4, 0.5) is 0 Å². The lowest BCUT2D eigenvalue weighted by Gasteiger charge is -2.32. The average Bonchev–Trinajstić information content (AvgIpc) is 2.75. The number of nitriles is 1. The van der Waals surface area contributed by atoms with Crippen molar-refractivity contribution in [2.24, 2.45) is 0 Å². The summed E-state index contributed by atoms with van der Waals surface area (Å²) in [6.07, 6.45) is 3.90. The van der Waals surface area contributed by atoms with Gasteiger partial charge in [0.2, 0.25) is 0 Å². The molecule has 1 aromatic rings. The highest BCUT2D eigenvalue weighted by atomic mass is 32.1. The quantitative estimate of drug-likeness (QED) is 0.827. The van der Waals surface area contributed by atoms with Gasteiger partial charge in [-0.15, -0.1) is 11.3 Å². The minimum Gasteiger partial charge on any atom is -0.294 e. The summed E-state index contributed by atoms with van der Waals surface area (Å²) in [5.41, 5.74) is 0.910. The highest BCUT2D eigenvalue weighted by Crippen LogP contribution is 2.30. The number of thiazole rings is 1. The third-order valence-corrected chi connectivity index (χ3v) is 4.71. The molecule has 0 aliphatic carbocycles. The lowest BCUT2D eigenvalue weighted by Crippen LogP contribution is -2.36. The SMILES string of the molecule is CC1CCCCN1Cc1nc(C(C)(C)C)c(C#N)s1. The zero-order valence-electron chi connectivity index (χ0n) is 12.4. The van der Waals surface area contributed by atoms with Crippen LogP contribution in [0.25, 0.3) is 0 Å². The van der Waals surface area contributed by atoms with Gasteiger partial charge in [0.1, 0.15) is 16.0 Å². The topological polar surface area (TPSA) is 39.9 Å². The third-order valence-electron chi connectivity index (χ3n) is 3.76. The van der Waals surface area contributed by atoms with Crippen LogP contribution in [-0.4, -0.2) is 22.5 Å². The number of hydrogen-bond acceptors (Lipinski definition) is 4. The van der Waals surface area contributed by atoms with Gasteiger partial charge in [-0.2, -0.15) is 5.26 Å². The van der Waals surface area contributed by atoms with Crippen molar-refractivity contribution in [3.8, 4) is 6.07 Å². The molecule has 0 saturated carbocycles. The molecule has 0 amide bonds. The van der Waals surface area contributed by atoms with Gasteiger partial charge < -0.3 is 0 Å². The first kappa shape index (κ1) is 14.5. The van der Waals surface area contributed by atoms with Crippen LogP contribution < -0.4 is 0 Å². The highest BCUT2D eigenvalue weighted by molar-refractivity contribution is 7.12. The molecule has 2 rings (SSSR count). The Morgan fingerprint density at radius 3 is 2.68 bits per heavy atom. The molecular weight excluding hydrogens is 254 g/mol. The van der Waals surface area contributed by atoms with Crippen molar-refractivity contribution >= 4 is 11.3 Å². The number of nitrogens with zero attached hydrogens (tertiary/aromatic N) is 3. The van der Waals surface area contributed by atoms with Gasteiger partial charge in [0.15, 0.2) is 0 Å². The molecule has 0 spiro atoms. The van der Waals surface area contributed by atoms with Crippen LogP contribution in [0.5, 0.6) is 0 Å². The number of likely N-dealkylation sites (tertiary alicyclic amines) is 1. The minimum atomic E-state index is -0.0483. The van der Waals surface area contributed by atoms with Crippen LogP contribution in [0.1, 0.15) is 62.5 Å². The van der Waals surface area contributed by atoms with E-state index < -0.39 is 0 Å². The van der Waals surface area contributed by atoms with E-state index in [0.29, 0.717) is 6.04 Å². The standard InChI is InChI=1S/C15H23N3S/c1-11-7-5-6-8-18(11)10-13-17-14(15(2,3)4)12(9-16)19-13/h11H,5-8,10H2,1-4H3. The third kappa shape index (κ3) is 3.34. The molecule has 0 N–H and O–H groups in total. The van der Waals surface area contributed by atoms with E-state index in [0.717, 1.165) is 28.7 Å². The molecule has 19 heavy (non-hydrogen) atoms. The summed E-state index contributed by atoms with van der Waals surface area (Å²) in [5, 5.41) is 10.4. The molecule has 1 atom stereocenters. The van der Waals surface area contributed by atoms with Crippen LogP contribution in [0.3, 0.4) is 0 Å². The molecule has 0 bridgehead atoms. The fourth-order valence-electron chi connectivity index (χ4n) is 2.58. The molecule has 1 unspecified atom stereocenters. The monoisotopic (exact) mass is 277 g/mol. The highest BCUT2D eigenvalue weighted by Gasteiger charge is 2.25. The summed E-state index contributed by atoms with van der Waals surface area (Å²) < 4.78 is 0. The molecule has 104 valence electrons. The van der Waals surface area contributed by atoms with Crippen molar-refractivity contribution < 1.29 is 0 Å². The van der Waals surface area contributed by atoms with E-state index in [4.69, 9.17) is 4.98 Å². The molecule has 1 saturated heterocycles. The predicted octanol–water partition coefficient (Wildman–Crippen LogP) is 3.69. The van der Waals surface area contributed by atoms with Gasteiger partial charge >= 0.3 is 0 Å². The van der Waals surface area contributed by atoms with Gasteiger partial charge in [-0.05, 0) is 26.3 Å². The Balaban J connectivity index is 2.18. The second-order valence-corrected chi connectivity index (χ2v) is 7.55. The van der Waals surface area contributed by atoms with E-state index in [2.05, 4.69) is 38.7 Å². The molecule has 1 aromatic heterocycles. The van der Waals surface area contributed by atoms with Crippen molar-refractivity contribution in [3.05, 3.63) is 15.6 Å². The van der Waals surface area contributed by atoms with Crippen molar-refractivity contribution in [1.29, 1.82) is 5.26 Å². The summed E-state index contributed by atoms with van der Waals surface area (Å²) in [7, 11) is 0. The molecule has 2 heterocycles. The first-order chi connectivity index (χ1) is 8.91. The maximum absolute atomic E-state index is 9.26. The van der Waals surface area contributed by atoms with Crippen LogP contribution in [0.15, 0.2) is 0 Å². The fourth-order valence-corrected chi connectivity index (χ4v) is 3.68. The lowest BCUT2D eigenvalue weighted by atomic mass is 9.91. The maximum Gasteiger partial charge on any atom is 0.128 e. The Kier molecular flexibility index (Phi) is 4.27. The second kappa shape index (κ2) is 5.60. The molecule has 1 aliphatic rings. The Labute approximate surface area is 120 Å². The molecule has 0 aromatic carbocycles. The van der Waals surface area contributed by atoms with E-state index in [1.165, 1.54) is 19.3 Å². The van der Waals surface area contributed by atoms with Crippen LogP contribution in [0.2, 0.25) is 0 Å². The molecule has 1 fully saturated rings. The van der Waals surface area contributed by atoms with Gasteiger partial charge in [0, 0.05) is 11.5 Å². The predicted molar refractivity (Wildman–Crippen MR) is 79.3 cm³/mol. The summed E-state index contributed by atoms with van der Waals surface area (Å²) in [4.78, 5) is 8.02. The van der Waals surface area contributed by atoms with E-state index in [1.807, 2.05) is 0 Å². The molecule has 4 heteroatoms. The average molecular weight is 277 g/mol. The van der Waals surface area contributed by atoms with Crippen LogP contribution in [-0.2, 0) is 12.0 Å². The van der Waals surface area contributed by atoms with Crippen molar-refractivity contribution in [2.75, 3.05) is 6.54 Å². The number of hydrogen-bond donors (Lipinski definition) is 0. The normalized spacial score (nSPS) is 21.3. The van der Waals surface area contributed by atoms with Gasteiger partial charge in [-0.1, -0.05) is 27.2 Å². The number of piperidine rings is 1. The van der Waals surface area contributed by atoms with Crippen LogP contribution >= 0.6 is 11.3 Å². The Hall–Kier alpha value is -0.920. The van der Waals surface area contributed by atoms with Crippen LogP contribution in [0, 0.1) is 11.3 Å². The fraction of sp³-hybridized carbons (Fsp3) is 0.733. The number of rotatable bonds is 2. The first-order valence-electron chi connectivity index (χ1n) is 7.06.